The third kappa shape index (κ3) is 7.13. The monoisotopic (exact) mass is 459 g/mol. The second kappa shape index (κ2) is 12.0. The third-order valence-electron chi connectivity index (χ3n) is 4.29. The highest BCUT2D eigenvalue weighted by atomic mass is 127. The molecule has 0 saturated carbocycles. The van der Waals surface area contributed by atoms with E-state index in [0.29, 0.717) is 6.54 Å². The highest BCUT2D eigenvalue weighted by Crippen LogP contribution is 2.24. The molecule has 1 aliphatic carbocycles. The van der Waals surface area contributed by atoms with Gasteiger partial charge in [0, 0.05) is 31.8 Å². The number of hydrogen-bond acceptors (Lipinski definition) is 3. The number of guanidine groups is 1. The quantitative estimate of drug-likeness (QED) is 0.281. The number of rotatable bonds is 7. The van der Waals surface area contributed by atoms with Gasteiger partial charge in [-0.2, -0.15) is 0 Å². The van der Waals surface area contributed by atoms with Gasteiger partial charge in [0.25, 0.3) is 0 Å². The van der Waals surface area contributed by atoms with Crippen LogP contribution in [0.25, 0.3) is 0 Å². The molecule has 0 amide bonds. The Bertz CT molecular complexity index is 588. The largest absolute Gasteiger partial charge is 0.497 e. The number of benzene rings is 1. The van der Waals surface area contributed by atoms with E-state index in [0.717, 1.165) is 36.0 Å². The lowest BCUT2D eigenvalue weighted by molar-refractivity contribution is 0.390. The van der Waals surface area contributed by atoms with Gasteiger partial charge in [-0.05, 0) is 44.2 Å². The Balaban J connectivity index is 0.00000312. The zero-order valence-corrected chi connectivity index (χ0v) is 17.8. The van der Waals surface area contributed by atoms with Gasteiger partial charge in [0.1, 0.15) is 11.5 Å². The lowest BCUT2D eigenvalue weighted by atomic mass is 9.97. The molecule has 0 bridgehead atoms. The number of halogens is 1. The average Bonchev–Trinajstić information content (AvgIpc) is 2.65. The molecule has 2 rings (SSSR count). The number of nitrogens with zero attached hydrogens (tertiary/aromatic N) is 1. The van der Waals surface area contributed by atoms with Gasteiger partial charge in [-0.1, -0.05) is 11.6 Å². The Morgan fingerprint density at radius 3 is 2.64 bits per heavy atom. The zero-order chi connectivity index (χ0) is 17.2. The molecular formula is C19H30IN3O2. The van der Waals surface area contributed by atoms with Gasteiger partial charge in [0.2, 0.25) is 0 Å². The maximum atomic E-state index is 5.43. The highest BCUT2D eigenvalue weighted by Gasteiger charge is 2.07. The molecule has 0 saturated heterocycles. The summed E-state index contributed by atoms with van der Waals surface area (Å²) in [6.07, 6.45) is 8.63. The molecule has 0 atom stereocenters. The molecule has 1 aliphatic rings. The van der Waals surface area contributed by atoms with Gasteiger partial charge in [-0.3, -0.25) is 4.99 Å². The van der Waals surface area contributed by atoms with Gasteiger partial charge in [0.15, 0.2) is 5.96 Å². The van der Waals surface area contributed by atoms with E-state index in [9.17, 15) is 0 Å². The molecule has 0 aliphatic heterocycles. The van der Waals surface area contributed by atoms with Crippen LogP contribution in [0.1, 0.15) is 37.7 Å². The van der Waals surface area contributed by atoms with Crippen LogP contribution in [0.15, 0.2) is 34.8 Å². The first kappa shape index (κ1) is 21.6. The number of ether oxygens (including phenoxy) is 2. The van der Waals surface area contributed by atoms with Gasteiger partial charge in [-0.25, -0.2) is 0 Å². The number of aliphatic imine (C=N–C) groups is 1. The van der Waals surface area contributed by atoms with E-state index < -0.39 is 0 Å². The second-order valence-corrected chi connectivity index (χ2v) is 5.89. The minimum atomic E-state index is 0. The van der Waals surface area contributed by atoms with Crippen molar-refractivity contribution in [1.82, 2.24) is 10.6 Å². The molecule has 1 aromatic carbocycles. The van der Waals surface area contributed by atoms with Gasteiger partial charge in [-0.15, -0.1) is 24.0 Å². The van der Waals surface area contributed by atoms with E-state index >= 15 is 0 Å². The molecule has 0 spiro atoms. The summed E-state index contributed by atoms with van der Waals surface area (Å²) in [5, 5.41) is 6.71. The average molecular weight is 459 g/mol. The number of hydrogen-bond donors (Lipinski definition) is 2. The Labute approximate surface area is 168 Å². The number of methoxy groups -OCH3 is 2. The third-order valence-corrected chi connectivity index (χ3v) is 4.29. The normalized spacial score (nSPS) is 14.2. The molecule has 0 heterocycles. The standard InChI is InChI=1S/C19H29N3O2.HI/c1-20-19(21-12-11-15-7-5-4-6-8-15)22-14-16-9-10-17(23-2)13-18(16)24-3;/h7,9-10,13H,4-6,8,11-12,14H2,1-3H3,(H2,20,21,22);1H. The van der Waals surface area contributed by atoms with Gasteiger partial charge in [0.05, 0.1) is 14.2 Å². The van der Waals surface area contributed by atoms with Crippen LogP contribution in [0.5, 0.6) is 11.5 Å². The van der Waals surface area contributed by atoms with Crippen molar-refractivity contribution < 1.29 is 9.47 Å². The summed E-state index contributed by atoms with van der Waals surface area (Å²) in [4.78, 5) is 4.28. The fraction of sp³-hybridized carbons (Fsp3) is 0.526. The van der Waals surface area contributed by atoms with Crippen LogP contribution in [0.2, 0.25) is 0 Å². The Hall–Kier alpha value is -1.44. The maximum Gasteiger partial charge on any atom is 0.191 e. The van der Waals surface area contributed by atoms with E-state index in [1.807, 2.05) is 18.2 Å². The highest BCUT2D eigenvalue weighted by molar-refractivity contribution is 14.0. The fourth-order valence-corrected chi connectivity index (χ4v) is 2.87. The van der Waals surface area contributed by atoms with Crippen molar-refractivity contribution >= 4 is 29.9 Å². The van der Waals surface area contributed by atoms with Gasteiger partial charge >= 0.3 is 0 Å². The predicted molar refractivity (Wildman–Crippen MR) is 114 cm³/mol. The number of allylic oxidation sites excluding steroid dienone is 1. The van der Waals surface area contributed by atoms with Crippen molar-refractivity contribution in [1.29, 1.82) is 0 Å². The molecule has 1 aromatic rings. The molecule has 0 aromatic heterocycles. The van der Waals surface area contributed by atoms with Crippen molar-refractivity contribution in [2.45, 2.75) is 38.6 Å². The summed E-state index contributed by atoms with van der Waals surface area (Å²) < 4.78 is 10.7. The van der Waals surface area contributed by atoms with Crippen molar-refractivity contribution in [3.8, 4) is 11.5 Å². The molecular weight excluding hydrogens is 429 g/mol. The zero-order valence-electron chi connectivity index (χ0n) is 15.4. The topological polar surface area (TPSA) is 54.9 Å². The van der Waals surface area contributed by atoms with Crippen molar-refractivity contribution in [3.63, 3.8) is 0 Å². The minimum absolute atomic E-state index is 0. The van der Waals surface area contributed by atoms with Crippen LogP contribution in [0, 0.1) is 0 Å². The molecule has 0 unspecified atom stereocenters. The van der Waals surface area contributed by atoms with Gasteiger partial charge < -0.3 is 20.1 Å². The fourth-order valence-electron chi connectivity index (χ4n) is 2.87. The van der Waals surface area contributed by atoms with E-state index in [1.54, 1.807) is 26.8 Å². The molecule has 0 radical (unpaired) electrons. The van der Waals surface area contributed by atoms with E-state index in [4.69, 9.17) is 9.47 Å². The van der Waals surface area contributed by atoms with Crippen LogP contribution < -0.4 is 20.1 Å². The Morgan fingerprint density at radius 1 is 1.16 bits per heavy atom. The predicted octanol–water partition coefficient (Wildman–Crippen LogP) is 3.88. The minimum Gasteiger partial charge on any atom is -0.497 e. The Morgan fingerprint density at radius 2 is 2.00 bits per heavy atom. The molecule has 6 heteroatoms. The summed E-state index contributed by atoms with van der Waals surface area (Å²) in [6.45, 7) is 1.56. The van der Waals surface area contributed by atoms with Crippen LogP contribution in [0.4, 0.5) is 0 Å². The maximum absolute atomic E-state index is 5.43. The summed E-state index contributed by atoms with van der Waals surface area (Å²) in [5.74, 6) is 2.41. The lowest BCUT2D eigenvalue weighted by Crippen LogP contribution is -2.37. The van der Waals surface area contributed by atoms with E-state index in [1.165, 1.54) is 25.7 Å². The van der Waals surface area contributed by atoms with E-state index in [-0.39, 0.29) is 24.0 Å². The van der Waals surface area contributed by atoms with Crippen LogP contribution >= 0.6 is 24.0 Å². The SMILES string of the molecule is CN=C(NCCC1=CCCCC1)NCc1ccc(OC)cc1OC.I. The second-order valence-electron chi connectivity index (χ2n) is 5.89. The molecule has 25 heavy (non-hydrogen) atoms. The van der Waals surface area contributed by atoms with Crippen LogP contribution in [-0.4, -0.2) is 33.8 Å². The molecule has 140 valence electrons. The number of nitrogens with one attached hydrogen (secondary N) is 2. The first-order valence-electron chi connectivity index (χ1n) is 8.60. The molecule has 2 N–H and O–H groups in total. The van der Waals surface area contributed by atoms with Crippen molar-refractivity contribution in [2.75, 3.05) is 27.8 Å². The van der Waals surface area contributed by atoms with Crippen LogP contribution in [0.3, 0.4) is 0 Å². The van der Waals surface area contributed by atoms with E-state index in [2.05, 4.69) is 21.7 Å². The molecule has 0 fully saturated rings. The first-order valence-corrected chi connectivity index (χ1v) is 8.60. The lowest BCUT2D eigenvalue weighted by Gasteiger charge is -2.16. The molecule has 5 nitrogen and oxygen atoms in total. The summed E-state index contributed by atoms with van der Waals surface area (Å²) >= 11 is 0. The smallest absolute Gasteiger partial charge is 0.191 e. The van der Waals surface area contributed by atoms with Crippen molar-refractivity contribution in [2.24, 2.45) is 4.99 Å². The Kier molecular flexibility index (Phi) is 10.4. The van der Waals surface area contributed by atoms with Crippen LogP contribution in [-0.2, 0) is 6.54 Å². The summed E-state index contributed by atoms with van der Waals surface area (Å²) in [6, 6.07) is 5.83. The first-order chi connectivity index (χ1) is 11.8. The van der Waals surface area contributed by atoms with Crippen molar-refractivity contribution in [3.05, 3.63) is 35.4 Å². The summed E-state index contributed by atoms with van der Waals surface area (Å²) in [5.41, 5.74) is 2.64. The summed E-state index contributed by atoms with van der Waals surface area (Å²) in [7, 11) is 5.12.